The van der Waals surface area contributed by atoms with Crippen molar-refractivity contribution in [3.63, 3.8) is 0 Å². The topological polar surface area (TPSA) is 186 Å². The summed E-state index contributed by atoms with van der Waals surface area (Å²) < 4.78 is 54.2. The minimum atomic E-state index is -4.60. The number of esters is 2. The van der Waals surface area contributed by atoms with Crippen molar-refractivity contribution in [1.29, 1.82) is 0 Å². The van der Waals surface area contributed by atoms with Gasteiger partial charge in [-0.3, -0.25) is 14.1 Å². The minimum Gasteiger partial charge on any atom is -0.462 e. The highest BCUT2D eigenvalue weighted by Crippen LogP contribution is 2.24. The summed E-state index contributed by atoms with van der Waals surface area (Å²) in [5, 5.41) is 30.9. The molecule has 1 aliphatic heterocycles. The van der Waals surface area contributed by atoms with Crippen molar-refractivity contribution < 1.29 is 56.8 Å². The summed E-state index contributed by atoms with van der Waals surface area (Å²) in [6, 6.07) is 0. The molecule has 63 heavy (non-hydrogen) atoms. The van der Waals surface area contributed by atoms with Gasteiger partial charge in [0, 0.05) is 12.8 Å². The van der Waals surface area contributed by atoms with Gasteiger partial charge in [-0.15, -0.1) is 0 Å². The molecule has 1 aliphatic rings. The van der Waals surface area contributed by atoms with Crippen LogP contribution >= 0.6 is 0 Å². The first-order valence-electron chi connectivity index (χ1n) is 25.7. The maximum Gasteiger partial charge on any atom is 0.306 e. The summed E-state index contributed by atoms with van der Waals surface area (Å²) >= 11 is 0. The number of unbranched alkanes of at least 4 members (excludes halogenated alkanes) is 30. The second-order valence-electron chi connectivity index (χ2n) is 18.2. The van der Waals surface area contributed by atoms with Crippen molar-refractivity contribution in [3.8, 4) is 0 Å². The Balaban J connectivity index is 2.34. The number of rotatable bonds is 44. The molecule has 12 nitrogen and oxygen atoms in total. The fourth-order valence-electron chi connectivity index (χ4n) is 8.09. The standard InChI is InChI=1S/C50H94O12S/c1-3-5-7-9-11-13-15-17-19-20-21-22-23-24-25-27-28-30-32-34-36-38-45(51)59-40-43(41-60-50-49(55)48(54)47(53)44(62-50)42-63(56,57)58)61-46(52)39-37-35-33-31-29-26-18-16-14-12-10-8-6-4-2/h16,18,43-44,47-50,53-55H,3-15,17,19-42H2,1-2H3,(H,56,57,58)/b18-16-. The average molecular weight is 919 g/mol. The van der Waals surface area contributed by atoms with Crippen LogP contribution < -0.4 is 0 Å². The van der Waals surface area contributed by atoms with Crippen LogP contribution in [-0.2, 0) is 38.7 Å². The molecular weight excluding hydrogens is 825 g/mol. The molecule has 0 aromatic rings. The normalized spacial score (nSPS) is 19.7. The van der Waals surface area contributed by atoms with Crippen LogP contribution in [0.2, 0.25) is 0 Å². The molecule has 6 atom stereocenters. The molecule has 1 rings (SSSR count). The molecule has 0 saturated carbocycles. The van der Waals surface area contributed by atoms with Gasteiger partial charge >= 0.3 is 11.9 Å². The van der Waals surface area contributed by atoms with Crippen LogP contribution in [0.15, 0.2) is 12.2 Å². The summed E-state index contributed by atoms with van der Waals surface area (Å²) in [6.07, 6.45) is 35.4. The van der Waals surface area contributed by atoms with Gasteiger partial charge in [-0.05, 0) is 38.5 Å². The summed E-state index contributed by atoms with van der Waals surface area (Å²) in [6.45, 7) is 3.78. The van der Waals surface area contributed by atoms with Gasteiger partial charge in [0.15, 0.2) is 12.4 Å². The fourth-order valence-corrected chi connectivity index (χ4v) is 8.78. The molecule has 0 bridgehead atoms. The summed E-state index contributed by atoms with van der Waals surface area (Å²) in [7, 11) is -4.60. The number of ether oxygens (including phenoxy) is 4. The Labute approximate surface area is 384 Å². The lowest BCUT2D eigenvalue weighted by Gasteiger charge is -2.40. The average Bonchev–Trinajstić information content (AvgIpc) is 3.25. The van der Waals surface area contributed by atoms with E-state index in [1.165, 1.54) is 141 Å². The van der Waals surface area contributed by atoms with E-state index >= 15 is 0 Å². The Bertz CT molecular complexity index is 1210. The molecule has 6 unspecified atom stereocenters. The second kappa shape index (κ2) is 40.6. The molecule has 1 fully saturated rings. The van der Waals surface area contributed by atoms with E-state index in [1.807, 2.05) is 0 Å². The fraction of sp³-hybridized carbons (Fsp3) is 0.920. The third kappa shape index (κ3) is 35.3. The smallest absolute Gasteiger partial charge is 0.306 e. The lowest BCUT2D eigenvalue weighted by Crippen LogP contribution is -2.60. The highest BCUT2D eigenvalue weighted by molar-refractivity contribution is 7.85. The lowest BCUT2D eigenvalue weighted by molar-refractivity contribution is -0.297. The number of carbonyl (C=O) groups is 2. The molecule has 1 saturated heterocycles. The lowest BCUT2D eigenvalue weighted by atomic mass is 10.00. The number of aliphatic hydroxyl groups excluding tert-OH is 3. The van der Waals surface area contributed by atoms with E-state index in [-0.39, 0.29) is 19.4 Å². The van der Waals surface area contributed by atoms with E-state index in [0.717, 1.165) is 57.8 Å². The largest absolute Gasteiger partial charge is 0.462 e. The van der Waals surface area contributed by atoms with E-state index in [9.17, 15) is 37.9 Å². The number of hydrogen-bond acceptors (Lipinski definition) is 11. The first-order valence-corrected chi connectivity index (χ1v) is 27.4. The summed E-state index contributed by atoms with van der Waals surface area (Å²) in [5.41, 5.74) is 0. The third-order valence-corrected chi connectivity index (χ3v) is 12.8. The maximum atomic E-state index is 12.8. The predicted octanol–water partition coefficient (Wildman–Crippen LogP) is 11.4. The molecule has 13 heteroatoms. The van der Waals surface area contributed by atoms with Crippen molar-refractivity contribution in [2.24, 2.45) is 0 Å². The van der Waals surface area contributed by atoms with Crippen molar-refractivity contribution in [1.82, 2.24) is 0 Å². The van der Waals surface area contributed by atoms with E-state index in [0.29, 0.717) is 12.8 Å². The zero-order valence-corrected chi connectivity index (χ0v) is 40.8. The van der Waals surface area contributed by atoms with Crippen LogP contribution in [0.5, 0.6) is 0 Å². The number of allylic oxidation sites excluding steroid dienone is 2. The molecule has 0 aromatic heterocycles. The van der Waals surface area contributed by atoms with Gasteiger partial charge in [0.05, 0.1) is 6.61 Å². The van der Waals surface area contributed by atoms with Crippen LogP contribution in [0.1, 0.15) is 239 Å². The highest BCUT2D eigenvalue weighted by atomic mass is 32.2. The third-order valence-electron chi connectivity index (χ3n) is 12.1. The van der Waals surface area contributed by atoms with Crippen molar-refractivity contribution in [3.05, 3.63) is 12.2 Å². The Morgan fingerprint density at radius 3 is 1.32 bits per heavy atom. The van der Waals surface area contributed by atoms with E-state index in [2.05, 4.69) is 26.0 Å². The predicted molar refractivity (Wildman–Crippen MR) is 252 cm³/mol. The zero-order valence-electron chi connectivity index (χ0n) is 40.0. The molecule has 0 spiro atoms. The Morgan fingerprint density at radius 2 is 0.905 bits per heavy atom. The first-order chi connectivity index (χ1) is 30.5. The SMILES string of the molecule is CCCCCCC/C=C\CCCCCCCC(=O)OC(COC(=O)CCCCCCCCCCCCCCCCCCCCCCC)COC1OC(CS(=O)(=O)O)C(O)C(O)C1O. The zero-order chi connectivity index (χ0) is 46.2. The molecule has 0 aliphatic carbocycles. The monoisotopic (exact) mass is 919 g/mol. The van der Waals surface area contributed by atoms with Gasteiger partial charge in [-0.2, -0.15) is 8.42 Å². The Morgan fingerprint density at radius 1 is 0.524 bits per heavy atom. The van der Waals surface area contributed by atoms with Gasteiger partial charge in [0.25, 0.3) is 10.1 Å². The van der Waals surface area contributed by atoms with Gasteiger partial charge < -0.3 is 34.3 Å². The van der Waals surface area contributed by atoms with Crippen molar-refractivity contribution in [2.75, 3.05) is 19.0 Å². The Hall–Kier alpha value is -1.61. The number of hydrogen-bond donors (Lipinski definition) is 4. The van der Waals surface area contributed by atoms with Crippen LogP contribution in [0, 0.1) is 0 Å². The molecule has 4 N–H and O–H groups in total. The molecule has 0 amide bonds. The summed E-state index contributed by atoms with van der Waals surface area (Å²) in [5.74, 6) is -1.98. The van der Waals surface area contributed by atoms with Gasteiger partial charge in [0.1, 0.15) is 36.8 Å². The minimum absolute atomic E-state index is 0.158. The van der Waals surface area contributed by atoms with Crippen LogP contribution in [0.25, 0.3) is 0 Å². The quantitative estimate of drug-likeness (QED) is 0.0196. The van der Waals surface area contributed by atoms with Gasteiger partial charge in [-0.25, -0.2) is 0 Å². The molecular formula is C50H94O12S. The number of carbonyl (C=O) groups excluding carboxylic acids is 2. The van der Waals surface area contributed by atoms with Crippen LogP contribution in [-0.4, -0.2) is 96.0 Å². The molecule has 0 radical (unpaired) electrons. The van der Waals surface area contributed by atoms with Gasteiger partial charge in [-0.1, -0.05) is 199 Å². The van der Waals surface area contributed by atoms with Crippen LogP contribution in [0.4, 0.5) is 0 Å². The van der Waals surface area contributed by atoms with E-state index < -0.39 is 71.2 Å². The van der Waals surface area contributed by atoms with Gasteiger partial charge in [0.2, 0.25) is 0 Å². The van der Waals surface area contributed by atoms with E-state index in [4.69, 9.17) is 18.9 Å². The maximum absolute atomic E-state index is 12.8. The molecule has 372 valence electrons. The number of aliphatic hydroxyl groups is 3. The second-order valence-corrected chi connectivity index (χ2v) is 19.7. The first kappa shape index (κ1) is 59.4. The molecule has 0 aromatic carbocycles. The highest BCUT2D eigenvalue weighted by Gasteiger charge is 2.46. The van der Waals surface area contributed by atoms with Crippen LogP contribution in [0.3, 0.4) is 0 Å². The van der Waals surface area contributed by atoms with Crippen molar-refractivity contribution >= 4 is 22.1 Å². The Kier molecular flexibility index (Phi) is 38.3. The molecule has 1 heterocycles. The van der Waals surface area contributed by atoms with Crippen molar-refractivity contribution in [2.45, 2.75) is 275 Å². The van der Waals surface area contributed by atoms with E-state index in [1.54, 1.807) is 0 Å². The summed E-state index contributed by atoms with van der Waals surface area (Å²) in [4.78, 5) is 25.5.